The molecule has 5 atom stereocenters. The molecule has 164 valence electrons. The fourth-order valence-electron chi connectivity index (χ4n) is 5.07. The number of nitrogens with zero attached hydrogens (tertiary/aromatic N) is 2. The van der Waals surface area contributed by atoms with Crippen molar-refractivity contribution in [2.75, 3.05) is 22.5 Å². The van der Waals surface area contributed by atoms with E-state index in [1.54, 1.807) is 24.3 Å². The third-order valence-corrected chi connectivity index (χ3v) is 6.26. The standard InChI is InChI=1S/C21H26FN7O2/c1-10(30)26-13-3-2-4-14(7-13)27-21-25-9-16(22)20(29-21)28-18-15-6-11(5-12(15)8-23)17(18)19(24)31/h2-4,7,9,11-12,15,17-18H,5-6,8,23H2,1H3,(H2,24,31)(H,26,30)(H2,25,27,28,29). The average Bonchev–Trinajstić information content (AvgIpc) is 3.28. The van der Waals surface area contributed by atoms with E-state index in [0.717, 1.165) is 19.0 Å². The van der Waals surface area contributed by atoms with Crippen molar-refractivity contribution in [3.63, 3.8) is 0 Å². The molecule has 2 fully saturated rings. The molecule has 2 saturated carbocycles. The summed E-state index contributed by atoms with van der Waals surface area (Å²) in [6, 6.07) is 6.68. The molecule has 2 bridgehead atoms. The molecule has 7 N–H and O–H groups in total. The minimum atomic E-state index is -0.618. The number of aromatic nitrogens is 2. The molecule has 1 heterocycles. The third kappa shape index (κ3) is 4.29. The topological polar surface area (TPSA) is 148 Å². The van der Waals surface area contributed by atoms with Gasteiger partial charge in [0.2, 0.25) is 17.8 Å². The highest BCUT2D eigenvalue weighted by atomic mass is 19.1. The summed E-state index contributed by atoms with van der Waals surface area (Å²) in [5.74, 6) is -0.804. The number of fused-ring (bicyclic) bond motifs is 2. The van der Waals surface area contributed by atoms with Gasteiger partial charge in [-0.05, 0) is 55.3 Å². The lowest BCUT2D eigenvalue weighted by Crippen LogP contribution is -2.46. The van der Waals surface area contributed by atoms with Gasteiger partial charge in [-0.25, -0.2) is 9.37 Å². The first-order valence-electron chi connectivity index (χ1n) is 10.3. The molecule has 2 aliphatic rings. The fraction of sp³-hybridized carbons (Fsp3) is 0.429. The molecular formula is C21H26FN7O2. The van der Waals surface area contributed by atoms with Gasteiger partial charge in [-0.3, -0.25) is 9.59 Å². The number of benzene rings is 1. The Morgan fingerprint density at radius 3 is 2.74 bits per heavy atom. The maximum Gasteiger partial charge on any atom is 0.229 e. The summed E-state index contributed by atoms with van der Waals surface area (Å²) in [6.07, 6.45) is 2.79. The lowest BCUT2D eigenvalue weighted by molar-refractivity contribution is -0.123. The number of anilines is 4. The van der Waals surface area contributed by atoms with Crippen LogP contribution in [0, 0.1) is 29.5 Å². The monoisotopic (exact) mass is 427 g/mol. The van der Waals surface area contributed by atoms with Crippen molar-refractivity contribution < 1.29 is 14.0 Å². The van der Waals surface area contributed by atoms with Gasteiger partial charge in [-0.15, -0.1) is 0 Å². The largest absolute Gasteiger partial charge is 0.369 e. The Morgan fingerprint density at radius 2 is 2.03 bits per heavy atom. The Kier molecular flexibility index (Phi) is 5.73. The first-order valence-corrected chi connectivity index (χ1v) is 10.3. The number of nitrogens with two attached hydrogens (primary N) is 2. The van der Waals surface area contributed by atoms with Crippen LogP contribution in [0.15, 0.2) is 30.5 Å². The molecular weight excluding hydrogens is 401 g/mol. The van der Waals surface area contributed by atoms with Gasteiger partial charge < -0.3 is 27.4 Å². The Bertz CT molecular complexity index is 1000. The number of hydrogen-bond donors (Lipinski definition) is 5. The number of primary amides is 1. The van der Waals surface area contributed by atoms with Crippen molar-refractivity contribution in [3.8, 4) is 0 Å². The van der Waals surface area contributed by atoms with E-state index in [1.165, 1.54) is 6.92 Å². The minimum Gasteiger partial charge on any atom is -0.369 e. The molecule has 0 spiro atoms. The molecule has 0 radical (unpaired) electrons. The molecule has 31 heavy (non-hydrogen) atoms. The van der Waals surface area contributed by atoms with Crippen molar-refractivity contribution in [2.45, 2.75) is 25.8 Å². The zero-order chi connectivity index (χ0) is 22.1. The predicted octanol–water partition coefficient (Wildman–Crippen LogP) is 1.81. The van der Waals surface area contributed by atoms with Crippen LogP contribution >= 0.6 is 0 Å². The molecule has 1 aromatic heterocycles. The Morgan fingerprint density at radius 1 is 1.26 bits per heavy atom. The summed E-state index contributed by atoms with van der Waals surface area (Å²) >= 11 is 0. The van der Waals surface area contributed by atoms with Crippen LogP contribution in [0.2, 0.25) is 0 Å². The zero-order valence-electron chi connectivity index (χ0n) is 17.1. The SMILES string of the molecule is CC(=O)Nc1cccc(Nc2ncc(F)c(NC3C4CC(CC4CN)C3C(N)=O)n2)c1. The van der Waals surface area contributed by atoms with E-state index in [1.807, 2.05) is 0 Å². The molecule has 10 heteroatoms. The smallest absolute Gasteiger partial charge is 0.229 e. The second-order valence-corrected chi connectivity index (χ2v) is 8.27. The Balaban J connectivity index is 1.54. The molecule has 4 rings (SSSR count). The number of carbonyl (C=O) groups excluding carboxylic acids is 2. The summed E-state index contributed by atoms with van der Waals surface area (Å²) in [4.78, 5) is 31.6. The summed E-state index contributed by atoms with van der Waals surface area (Å²) in [7, 11) is 0. The van der Waals surface area contributed by atoms with Gasteiger partial charge in [0.15, 0.2) is 11.6 Å². The van der Waals surface area contributed by atoms with Gasteiger partial charge in [-0.2, -0.15) is 4.98 Å². The van der Waals surface area contributed by atoms with Gasteiger partial charge in [-0.1, -0.05) is 6.07 Å². The molecule has 2 aliphatic carbocycles. The highest BCUT2D eigenvalue weighted by Gasteiger charge is 2.54. The molecule has 2 amide bonds. The van der Waals surface area contributed by atoms with E-state index >= 15 is 0 Å². The predicted molar refractivity (Wildman–Crippen MR) is 115 cm³/mol. The van der Waals surface area contributed by atoms with Crippen LogP contribution in [0.4, 0.5) is 27.5 Å². The first-order chi connectivity index (χ1) is 14.9. The number of rotatable bonds is 7. The van der Waals surface area contributed by atoms with Gasteiger partial charge in [0, 0.05) is 24.3 Å². The maximum absolute atomic E-state index is 14.5. The lowest BCUT2D eigenvalue weighted by atomic mass is 9.78. The maximum atomic E-state index is 14.5. The quantitative estimate of drug-likeness (QED) is 0.452. The Labute approximate surface area is 179 Å². The van der Waals surface area contributed by atoms with Gasteiger partial charge in [0.05, 0.1) is 12.1 Å². The van der Waals surface area contributed by atoms with Crippen molar-refractivity contribution in [2.24, 2.45) is 35.1 Å². The van der Waals surface area contributed by atoms with Crippen LogP contribution in [0.1, 0.15) is 19.8 Å². The van der Waals surface area contributed by atoms with Crippen LogP contribution in [-0.4, -0.2) is 34.4 Å². The summed E-state index contributed by atoms with van der Waals surface area (Å²) < 4.78 is 14.5. The van der Waals surface area contributed by atoms with Crippen LogP contribution in [-0.2, 0) is 9.59 Å². The van der Waals surface area contributed by atoms with Crippen molar-refractivity contribution in [1.82, 2.24) is 9.97 Å². The van der Waals surface area contributed by atoms with Crippen LogP contribution in [0.3, 0.4) is 0 Å². The van der Waals surface area contributed by atoms with Crippen LogP contribution in [0.5, 0.6) is 0 Å². The van der Waals surface area contributed by atoms with E-state index in [0.29, 0.717) is 17.9 Å². The molecule has 2 aromatic rings. The molecule has 1 aromatic carbocycles. The molecule has 0 aliphatic heterocycles. The Hall–Kier alpha value is -3.27. The number of hydrogen-bond acceptors (Lipinski definition) is 7. The van der Waals surface area contributed by atoms with E-state index in [9.17, 15) is 14.0 Å². The van der Waals surface area contributed by atoms with E-state index < -0.39 is 5.82 Å². The molecule has 0 saturated heterocycles. The minimum absolute atomic E-state index is 0.00934. The van der Waals surface area contributed by atoms with Crippen LogP contribution < -0.4 is 27.4 Å². The van der Waals surface area contributed by atoms with Gasteiger partial charge in [0.25, 0.3) is 0 Å². The number of carbonyl (C=O) groups is 2. The second kappa shape index (κ2) is 8.46. The number of halogens is 1. The number of amides is 2. The lowest BCUT2D eigenvalue weighted by Gasteiger charge is -2.34. The van der Waals surface area contributed by atoms with Crippen molar-refractivity contribution in [3.05, 3.63) is 36.3 Å². The second-order valence-electron chi connectivity index (χ2n) is 8.27. The summed E-state index contributed by atoms with van der Waals surface area (Å²) in [6.45, 7) is 1.94. The van der Waals surface area contributed by atoms with E-state index in [-0.39, 0.29) is 53.3 Å². The van der Waals surface area contributed by atoms with Gasteiger partial charge in [0.1, 0.15) is 0 Å². The summed E-state index contributed by atoms with van der Waals surface area (Å²) in [5.41, 5.74) is 12.8. The van der Waals surface area contributed by atoms with Gasteiger partial charge >= 0.3 is 0 Å². The first kappa shape index (κ1) is 21.0. The normalized spacial score (nSPS) is 26.5. The van der Waals surface area contributed by atoms with Crippen LogP contribution in [0.25, 0.3) is 0 Å². The zero-order valence-corrected chi connectivity index (χ0v) is 17.1. The highest BCUT2D eigenvalue weighted by molar-refractivity contribution is 5.89. The van der Waals surface area contributed by atoms with Crippen molar-refractivity contribution >= 4 is 35.0 Å². The summed E-state index contributed by atoms with van der Waals surface area (Å²) in [5, 5.41) is 8.82. The third-order valence-electron chi connectivity index (χ3n) is 6.26. The number of nitrogens with one attached hydrogen (secondary N) is 3. The fourth-order valence-corrected chi connectivity index (χ4v) is 5.07. The molecule has 9 nitrogen and oxygen atoms in total. The highest BCUT2D eigenvalue weighted by Crippen LogP contribution is 2.52. The van der Waals surface area contributed by atoms with Crippen molar-refractivity contribution in [1.29, 1.82) is 0 Å². The van der Waals surface area contributed by atoms with E-state index in [4.69, 9.17) is 11.5 Å². The molecule has 5 unspecified atom stereocenters. The van der Waals surface area contributed by atoms with E-state index in [2.05, 4.69) is 25.9 Å². The average molecular weight is 427 g/mol.